The van der Waals surface area contributed by atoms with Crippen LogP contribution in [0.2, 0.25) is 0 Å². The molecule has 0 unspecified atom stereocenters. The van der Waals surface area contributed by atoms with Crippen molar-refractivity contribution in [3.63, 3.8) is 0 Å². The van der Waals surface area contributed by atoms with E-state index < -0.39 is 0 Å². The first-order valence-electron chi connectivity index (χ1n) is 5.45. The fourth-order valence-corrected chi connectivity index (χ4v) is 1.57. The van der Waals surface area contributed by atoms with Crippen LogP contribution in [-0.4, -0.2) is 5.11 Å². The Morgan fingerprint density at radius 3 is 2.41 bits per heavy atom. The van der Waals surface area contributed by atoms with Gasteiger partial charge in [0.2, 0.25) is 0 Å². The van der Waals surface area contributed by atoms with Crippen molar-refractivity contribution in [2.75, 3.05) is 0 Å². The predicted molar refractivity (Wildman–Crippen MR) is 67.2 cm³/mol. The number of phenolic OH excluding ortho intramolecular Hbond substituents is 1. The van der Waals surface area contributed by atoms with Crippen molar-refractivity contribution in [2.45, 2.75) is 6.42 Å². The largest absolute Gasteiger partial charge is 0.508 e. The standard InChI is InChI=1S/C15H13FO/c16-15-7-2-1-5-13(15)6-3-4-12-8-10-14(17)11-9-12/h1-5,7-11,17H,6H2. The Morgan fingerprint density at radius 1 is 1.00 bits per heavy atom. The molecule has 0 radical (unpaired) electrons. The van der Waals surface area contributed by atoms with Crippen molar-refractivity contribution in [1.29, 1.82) is 0 Å². The third kappa shape index (κ3) is 3.18. The van der Waals surface area contributed by atoms with E-state index >= 15 is 0 Å². The molecule has 1 nitrogen and oxygen atoms in total. The molecule has 2 aromatic rings. The van der Waals surface area contributed by atoms with Gasteiger partial charge in [-0.25, -0.2) is 4.39 Å². The van der Waals surface area contributed by atoms with Crippen LogP contribution in [0.5, 0.6) is 5.75 Å². The molecule has 0 amide bonds. The van der Waals surface area contributed by atoms with Gasteiger partial charge in [-0.3, -0.25) is 0 Å². The molecule has 0 atom stereocenters. The fraction of sp³-hybridized carbons (Fsp3) is 0.0667. The lowest BCUT2D eigenvalue weighted by Crippen LogP contribution is -1.86. The van der Waals surface area contributed by atoms with Crippen molar-refractivity contribution in [1.82, 2.24) is 0 Å². The van der Waals surface area contributed by atoms with Gasteiger partial charge in [-0.05, 0) is 35.7 Å². The van der Waals surface area contributed by atoms with Crippen LogP contribution in [0.25, 0.3) is 6.08 Å². The summed E-state index contributed by atoms with van der Waals surface area (Å²) in [5, 5.41) is 9.12. The second-order valence-electron chi connectivity index (χ2n) is 3.79. The molecule has 17 heavy (non-hydrogen) atoms. The second-order valence-corrected chi connectivity index (χ2v) is 3.79. The first-order valence-corrected chi connectivity index (χ1v) is 5.45. The molecular weight excluding hydrogens is 215 g/mol. The van der Waals surface area contributed by atoms with E-state index in [-0.39, 0.29) is 11.6 Å². The van der Waals surface area contributed by atoms with Crippen LogP contribution in [0, 0.1) is 5.82 Å². The van der Waals surface area contributed by atoms with E-state index in [1.54, 1.807) is 24.3 Å². The number of halogens is 1. The summed E-state index contributed by atoms with van der Waals surface area (Å²) in [5.74, 6) is 0.0686. The molecule has 0 aliphatic rings. The van der Waals surface area contributed by atoms with Gasteiger partial charge in [0.25, 0.3) is 0 Å². The number of hydrogen-bond donors (Lipinski definition) is 1. The lowest BCUT2D eigenvalue weighted by molar-refractivity contribution is 0.475. The van der Waals surface area contributed by atoms with Gasteiger partial charge in [0.1, 0.15) is 11.6 Å². The Bertz CT molecular complexity index is 515. The summed E-state index contributed by atoms with van der Waals surface area (Å²) in [6, 6.07) is 13.6. The molecule has 2 heteroatoms. The zero-order valence-corrected chi connectivity index (χ0v) is 9.31. The van der Waals surface area contributed by atoms with Crippen LogP contribution < -0.4 is 0 Å². The van der Waals surface area contributed by atoms with E-state index in [1.807, 2.05) is 30.4 Å². The van der Waals surface area contributed by atoms with Gasteiger partial charge in [-0.1, -0.05) is 42.5 Å². The SMILES string of the molecule is Oc1ccc(C=CCc2ccccc2F)cc1. The Kier molecular flexibility index (Phi) is 3.55. The molecule has 0 fully saturated rings. The van der Waals surface area contributed by atoms with Gasteiger partial charge in [-0.15, -0.1) is 0 Å². The summed E-state index contributed by atoms with van der Waals surface area (Å²) < 4.78 is 13.3. The second kappa shape index (κ2) is 5.30. The summed E-state index contributed by atoms with van der Waals surface area (Å²) in [6.07, 6.45) is 4.38. The van der Waals surface area contributed by atoms with Crippen molar-refractivity contribution < 1.29 is 9.50 Å². The van der Waals surface area contributed by atoms with Crippen molar-refractivity contribution in [2.24, 2.45) is 0 Å². The number of aromatic hydroxyl groups is 1. The highest BCUT2D eigenvalue weighted by atomic mass is 19.1. The van der Waals surface area contributed by atoms with Crippen molar-refractivity contribution >= 4 is 6.08 Å². The number of phenols is 1. The van der Waals surface area contributed by atoms with E-state index in [0.717, 1.165) is 5.56 Å². The summed E-state index contributed by atoms with van der Waals surface area (Å²) in [6.45, 7) is 0. The van der Waals surface area contributed by atoms with Crippen LogP contribution in [0.1, 0.15) is 11.1 Å². The van der Waals surface area contributed by atoms with Gasteiger partial charge < -0.3 is 5.11 Å². The van der Waals surface area contributed by atoms with E-state index in [4.69, 9.17) is 5.11 Å². The first kappa shape index (κ1) is 11.4. The first-order chi connectivity index (χ1) is 8.25. The minimum Gasteiger partial charge on any atom is -0.508 e. The topological polar surface area (TPSA) is 20.2 Å². The van der Waals surface area contributed by atoms with E-state index in [2.05, 4.69) is 0 Å². The lowest BCUT2D eigenvalue weighted by atomic mass is 10.1. The van der Waals surface area contributed by atoms with Crippen LogP contribution in [0.3, 0.4) is 0 Å². The molecule has 1 N–H and O–H groups in total. The number of allylic oxidation sites excluding steroid dienone is 1. The molecule has 2 rings (SSSR count). The van der Waals surface area contributed by atoms with Crippen LogP contribution in [0.4, 0.5) is 4.39 Å². The molecule has 2 aromatic carbocycles. The summed E-state index contributed by atoms with van der Waals surface area (Å²) >= 11 is 0. The van der Waals surface area contributed by atoms with E-state index in [1.165, 1.54) is 6.07 Å². The van der Waals surface area contributed by atoms with Crippen LogP contribution in [0.15, 0.2) is 54.6 Å². The van der Waals surface area contributed by atoms with Gasteiger partial charge >= 0.3 is 0 Å². The minimum atomic E-state index is -0.178. The van der Waals surface area contributed by atoms with Crippen LogP contribution in [-0.2, 0) is 6.42 Å². The quantitative estimate of drug-likeness (QED) is 0.847. The Hall–Kier alpha value is -2.09. The fourth-order valence-electron chi connectivity index (χ4n) is 1.57. The average Bonchev–Trinajstić information content (AvgIpc) is 2.34. The normalized spacial score (nSPS) is 10.9. The van der Waals surface area contributed by atoms with Crippen molar-refractivity contribution in [3.8, 4) is 5.75 Å². The van der Waals surface area contributed by atoms with E-state index in [0.29, 0.717) is 12.0 Å². The van der Waals surface area contributed by atoms with Gasteiger partial charge in [0.05, 0.1) is 0 Å². The summed E-state index contributed by atoms with van der Waals surface area (Å²) in [5.41, 5.74) is 1.67. The molecule has 0 bridgehead atoms. The average molecular weight is 228 g/mol. The molecule has 0 spiro atoms. The molecule has 0 heterocycles. The Labute approximate surface area is 99.9 Å². The minimum absolute atomic E-state index is 0.178. The van der Waals surface area contributed by atoms with Crippen molar-refractivity contribution in [3.05, 3.63) is 71.6 Å². The van der Waals surface area contributed by atoms with Gasteiger partial charge in [0.15, 0.2) is 0 Å². The molecule has 86 valence electrons. The lowest BCUT2D eigenvalue weighted by Gasteiger charge is -1.98. The zero-order valence-electron chi connectivity index (χ0n) is 9.31. The molecule has 0 saturated carbocycles. The van der Waals surface area contributed by atoms with Gasteiger partial charge in [0, 0.05) is 0 Å². The highest BCUT2D eigenvalue weighted by molar-refractivity contribution is 5.50. The highest BCUT2D eigenvalue weighted by Crippen LogP contribution is 2.12. The smallest absolute Gasteiger partial charge is 0.126 e. The maximum absolute atomic E-state index is 13.3. The third-order valence-electron chi connectivity index (χ3n) is 2.50. The van der Waals surface area contributed by atoms with E-state index in [9.17, 15) is 4.39 Å². The number of hydrogen-bond acceptors (Lipinski definition) is 1. The summed E-state index contributed by atoms with van der Waals surface area (Å²) in [4.78, 5) is 0. The zero-order chi connectivity index (χ0) is 12.1. The maximum atomic E-state index is 13.3. The number of rotatable bonds is 3. The highest BCUT2D eigenvalue weighted by Gasteiger charge is 1.96. The van der Waals surface area contributed by atoms with Crippen LogP contribution >= 0.6 is 0 Å². The monoisotopic (exact) mass is 228 g/mol. The predicted octanol–water partition coefficient (Wildman–Crippen LogP) is 3.79. The number of benzene rings is 2. The maximum Gasteiger partial charge on any atom is 0.126 e. The third-order valence-corrected chi connectivity index (χ3v) is 2.50. The molecule has 0 aromatic heterocycles. The summed E-state index contributed by atoms with van der Waals surface area (Å²) in [7, 11) is 0. The van der Waals surface area contributed by atoms with Gasteiger partial charge in [-0.2, -0.15) is 0 Å². The molecular formula is C15H13FO. The molecule has 0 aliphatic heterocycles. The molecule has 0 aliphatic carbocycles. The molecule has 0 saturated heterocycles. The Morgan fingerprint density at radius 2 is 1.71 bits per heavy atom. The Balaban J connectivity index is 2.03.